The lowest BCUT2D eigenvalue weighted by atomic mass is 10.2. The summed E-state index contributed by atoms with van der Waals surface area (Å²) in [5.41, 5.74) is 2.34. The third kappa shape index (κ3) is 4.35. The summed E-state index contributed by atoms with van der Waals surface area (Å²) < 4.78 is 44.3. The van der Waals surface area contributed by atoms with Crippen LogP contribution in [-0.2, 0) is 16.1 Å². The van der Waals surface area contributed by atoms with Gasteiger partial charge >= 0.3 is 6.03 Å². The van der Waals surface area contributed by atoms with Crippen molar-refractivity contribution in [2.45, 2.75) is 32.1 Å². The van der Waals surface area contributed by atoms with Crippen LogP contribution >= 0.6 is 0 Å². The Balaban J connectivity index is 1.85. The van der Waals surface area contributed by atoms with E-state index in [1.165, 1.54) is 7.05 Å². The fourth-order valence-electron chi connectivity index (χ4n) is 2.04. The number of benzene rings is 1. The maximum atomic E-state index is 13.1. The highest BCUT2D eigenvalue weighted by Gasteiger charge is 2.18. The van der Waals surface area contributed by atoms with Crippen molar-refractivity contribution in [3.63, 3.8) is 0 Å². The molecular weight excluding hydrogens is 301 g/mol. The third-order valence-electron chi connectivity index (χ3n) is 3.23. The van der Waals surface area contributed by atoms with Crippen LogP contribution in [0.2, 0.25) is 0 Å². The number of halogens is 3. The van der Waals surface area contributed by atoms with Crippen LogP contribution < -0.4 is 5.48 Å². The Labute approximate surface area is 125 Å². The predicted octanol–water partition coefficient (Wildman–Crippen LogP) is 2.70. The first kappa shape index (κ1) is 16.6. The summed E-state index contributed by atoms with van der Waals surface area (Å²) in [6.07, 6.45) is 2.09. The molecule has 0 aliphatic carbocycles. The molecule has 122 valence electrons. The molecule has 0 bridgehead atoms. The van der Waals surface area contributed by atoms with E-state index in [0.29, 0.717) is 13.0 Å². The molecule has 0 radical (unpaired) electrons. The molecule has 1 saturated heterocycles. The van der Waals surface area contributed by atoms with Crippen LogP contribution in [0.25, 0.3) is 0 Å². The van der Waals surface area contributed by atoms with Gasteiger partial charge in [-0.2, -0.15) is 0 Å². The number of nitrogens with zero attached hydrogens (tertiary/aromatic N) is 1. The Bertz CT molecular complexity index is 513. The second-order valence-corrected chi connectivity index (χ2v) is 5.05. The number of hydrogen-bond acceptors (Lipinski definition) is 3. The van der Waals surface area contributed by atoms with Gasteiger partial charge in [-0.15, -0.1) is 0 Å². The minimum atomic E-state index is -1.53. The molecule has 0 spiro atoms. The van der Waals surface area contributed by atoms with Crippen molar-refractivity contribution >= 4 is 6.03 Å². The first-order valence-corrected chi connectivity index (χ1v) is 6.89. The second kappa shape index (κ2) is 7.46. The predicted molar refractivity (Wildman–Crippen MR) is 71.0 cm³/mol. The monoisotopic (exact) mass is 318 g/mol. The molecule has 5 nitrogen and oxygen atoms in total. The summed E-state index contributed by atoms with van der Waals surface area (Å²) in [6.45, 7) is 0.472. The van der Waals surface area contributed by atoms with Gasteiger partial charge in [-0.1, -0.05) is 0 Å². The average Bonchev–Trinajstić information content (AvgIpc) is 2.51. The average molecular weight is 318 g/mol. The second-order valence-electron chi connectivity index (χ2n) is 5.05. The first-order valence-electron chi connectivity index (χ1n) is 6.89. The fraction of sp³-hybridized carbons (Fsp3) is 0.500. The highest BCUT2D eigenvalue weighted by molar-refractivity contribution is 5.72. The molecule has 22 heavy (non-hydrogen) atoms. The molecule has 0 saturated carbocycles. The highest BCUT2D eigenvalue weighted by atomic mass is 19.2. The van der Waals surface area contributed by atoms with E-state index in [2.05, 4.69) is 5.48 Å². The smallest absolute Gasteiger partial charge is 0.341 e. The van der Waals surface area contributed by atoms with Crippen LogP contribution in [-0.4, -0.2) is 30.9 Å². The minimum absolute atomic E-state index is 0.102. The van der Waals surface area contributed by atoms with E-state index >= 15 is 0 Å². The van der Waals surface area contributed by atoms with Gasteiger partial charge in [0.1, 0.15) is 0 Å². The molecule has 1 aromatic rings. The number of hydrogen-bond donors (Lipinski definition) is 1. The zero-order valence-electron chi connectivity index (χ0n) is 12.1. The largest absolute Gasteiger partial charge is 0.350 e. The SMILES string of the molecule is CN(Cc1cc(F)c(F)c(F)c1)C(=O)NO[C@@H]1CCCCO1. The maximum Gasteiger partial charge on any atom is 0.341 e. The lowest BCUT2D eigenvalue weighted by Gasteiger charge is -2.24. The van der Waals surface area contributed by atoms with Gasteiger partial charge in [0.25, 0.3) is 0 Å². The summed E-state index contributed by atoms with van der Waals surface area (Å²) in [7, 11) is 1.42. The van der Waals surface area contributed by atoms with E-state index in [0.717, 1.165) is 29.9 Å². The standard InChI is InChI=1S/C14H17F3N2O3/c1-19(8-9-6-10(15)13(17)11(16)7-9)14(20)18-22-12-4-2-3-5-21-12/h6-7,12H,2-5,8H2,1H3,(H,18,20)/t12-/m1/s1. The van der Waals surface area contributed by atoms with Gasteiger partial charge in [-0.05, 0) is 30.5 Å². The van der Waals surface area contributed by atoms with Crippen LogP contribution in [0.3, 0.4) is 0 Å². The normalized spacial score (nSPS) is 18.1. The number of carbonyl (C=O) groups excluding carboxylic acids is 1. The van der Waals surface area contributed by atoms with Crippen LogP contribution in [0.5, 0.6) is 0 Å². The molecule has 1 fully saturated rings. The van der Waals surface area contributed by atoms with Gasteiger partial charge in [-0.25, -0.2) is 28.3 Å². The van der Waals surface area contributed by atoms with Crippen molar-refractivity contribution < 1.29 is 27.5 Å². The number of ether oxygens (including phenoxy) is 1. The Hall–Kier alpha value is -1.80. The number of amides is 2. The summed E-state index contributed by atoms with van der Waals surface area (Å²) in [4.78, 5) is 18.0. The van der Waals surface area contributed by atoms with Crippen molar-refractivity contribution in [1.82, 2.24) is 10.4 Å². The molecule has 1 aromatic carbocycles. The Morgan fingerprint density at radius 3 is 2.64 bits per heavy atom. The van der Waals surface area contributed by atoms with Crippen LogP contribution in [0, 0.1) is 17.5 Å². The van der Waals surface area contributed by atoms with Gasteiger partial charge in [0.2, 0.25) is 0 Å². The van der Waals surface area contributed by atoms with Crippen LogP contribution in [0.4, 0.5) is 18.0 Å². The molecule has 2 rings (SSSR count). The maximum absolute atomic E-state index is 13.1. The summed E-state index contributed by atoms with van der Waals surface area (Å²) in [6, 6.07) is 1.08. The Morgan fingerprint density at radius 1 is 1.36 bits per heavy atom. The van der Waals surface area contributed by atoms with E-state index in [9.17, 15) is 18.0 Å². The van der Waals surface area contributed by atoms with E-state index in [1.54, 1.807) is 0 Å². The molecular formula is C14H17F3N2O3. The van der Waals surface area contributed by atoms with E-state index in [4.69, 9.17) is 9.57 Å². The van der Waals surface area contributed by atoms with Crippen LogP contribution in [0.15, 0.2) is 12.1 Å². The summed E-state index contributed by atoms with van der Waals surface area (Å²) in [5.74, 6) is -4.13. The number of carbonyl (C=O) groups is 1. The molecule has 1 aliphatic heterocycles. The number of urea groups is 1. The molecule has 1 atom stereocenters. The molecule has 1 heterocycles. The number of hydroxylamine groups is 1. The molecule has 1 aliphatic rings. The number of nitrogens with one attached hydrogen (secondary N) is 1. The van der Waals surface area contributed by atoms with Crippen LogP contribution in [0.1, 0.15) is 24.8 Å². The lowest BCUT2D eigenvalue weighted by molar-refractivity contribution is -0.187. The highest BCUT2D eigenvalue weighted by Crippen LogP contribution is 2.15. The Kier molecular flexibility index (Phi) is 5.62. The first-order chi connectivity index (χ1) is 10.5. The zero-order chi connectivity index (χ0) is 16.1. The zero-order valence-corrected chi connectivity index (χ0v) is 12.1. The van der Waals surface area contributed by atoms with Crippen molar-refractivity contribution in [3.8, 4) is 0 Å². The molecule has 8 heteroatoms. The number of rotatable bonds is 4. The third-order valence-corrected chi connectivity index (χ3v) is 3.23. The van der Waals surface area contributed by atoms with Gasteiger partial charge in [0, 0.05) is 26.6 Å². The molecule has 0 aromatic heterocycles. The van der Waals surface area contributed by atoms with Gasteiger partial charge in [-0.3, -0.25) is 0 Å². The molecule has 2 amide bonds. The fourth-order valence-corrected chi connectivity index (χ4v) is 2.04. The quantitative estimate of drug-likeness (QED) is 0.686. The molecule has 1 N–H and O–H groups in total. The van der Waals surface area contributed by atoms with Crippen molar-refractivity contribution in [1.29, 1.82) is 0 Å². The minimum Gasteiger partial charge on any atom is -0.350 e. The van der Waals surface area contributed by atoms with E-state index < -0.39 is 29.8 Å². The van der Waals surface area contributed by atoms with Gasteiger partial charge in [0.15, 0.2) is 23.7 Å². The van der Waals surface area contributed by atoms with Crippen molar-refractivity contribution in [2.24, 2.45) is 0 Å². The summed E-state index contributed by atoms with van der Waals surface area (Å²) in [5, 5.41) is 0. The van der Waals surface area contributed by atoms with Crippen molar-refractivity contribution in [2.75, 3.05) is 13.7 Å². The van der Waals surface area contributed by atoms with E-state index in [-0.39, 0.29) is 12.1 Å². The lowest BCUT2D eigenvalue weighted by Crippen LogP contribution is -2.40. The Morgan fingerprint density at radius 2 is 2.05 bits per heavy atom. The molecule has 0 unspecified atom stereocenters. The topological polar surface area (TPSA) is 50.8 Å². The van der Waals surface area contributed by atoms with Gasteiger partial charge in [0.05, 0.1) is 0 Å². The van der Waals surface area contributed by atoms with Crippen molar-refractivity contribution in [3.05, 3.63) is 35.1 Å². The van der Waals surface area contributed by atoms with Gasteiger partial charge < -0.3 is 9.64 Å². The van der Waals surface area contributed by atoms with E-state index in [1.807, 2.05) is 0 Å². The summed E-state index contributed by atoms with van der Waals surface area (Å²) >= 11 is 0.